The van der Waals surface area contributed by atoms with Crippen LogP contribution in [0.2, 0.25) is 0 Å². The molecule has 0 aromatic carbocycles. The highest BCUT2D eigenvalue weighted by molar-refractivity contribution is 7.09. The zero-order chi connectivity index (χ0) is 14.8. The van der Waals surface area contributed by atoms with Gasteiger partial charge in [-0.1, -0.05) is 41.5 Å². The SMILES string of the molecule is CC(C)(C)C(=O)Nc1cscc1NC(=O)C(C)(C)C. The summed E-state index contributed by atoms with van der Waals surface area (Å²) < 4.78 is 0. The molecule has 0 bridgehead atoms. The van der Waals surface area contributed by atoms with Crippen molar-refractivity contribution in [2.24, 2.45) is 10.8 Å². The van der Waals surface area contributed by atoms with Gasteiger partial charge >= 0.3 is 0 Å². The second kappa shape index (κ2) is 5.33. The third-order valence-electron chi connectivity index (χ3n) is 2.52. The first kappa shape index (κ1) is 15.7. The van der Waals surface area contributed by atoms with E-state index in [1.54, 1.807) is 0 Å². The molecule has 1 heterocycles. The summed E-state index contributed by atoms with van der Waals surface area (Å²) in [7, 11) is 0. The van der Waals surface area contributed by atoms with Crippen molar-refractivity contribution < 1.29 is 9.59 Å². The average molecular weight is 282 g/mol. The van der Waals surface area contributed by atoms with Gasteiger partial charge < -0.3 is 10.6 Å². The van der Waals surface area contributed by atoms with E-state index in [1.165, 1.54) is 11.3 Å². The van der Waals surface area contributed by atoms with Gasteiger partial charge in [0.2, 0.25) is 11.8 Å². The molecule has 106 valence electrons. The summed E-state index contributed by atoms with van der Waals surface area (Å²) in [6.07, 6.45) is 0. The molecule has 0 radical (unpaired) electrons. The van der Waals surface area contributed by atoms with Gasteiger partial charge in [0.15, 0.2) is 0 Å². The quantitative estimate of drug-likeness (QED) is 0.868. The lowest BCUT2D eigenvalue weighted by molar-refractivity contribution is -0.124. The Kier molecular flexibility index (Phi) is 4.40. The number of carbonyl (C=O) groups excluding carboxylic acids is 2. The van der Waals surface area contributed by atoms with Gasteiger partial charge in [0, 0.05) is 21.6 Å². The first-order chi connectivity index (χ1) is 8.51. The second-order valence-corrected chi connectivity index (χ2v) is 7.35. The number of nitrogens with one attached hydrogen (secondary N) is 2. The van der Waals surface area contributed by atoms with Gasteiger partial charge in [-0.2, -0.15) is 0 Å². The van der Waals surface area contributed by atoms with Gasteiger partial charge in [0.1, 0.15) is 0 Å². The summed E-state index contributed by atoms with van der Waals surface area (Å²) in [6.45, 7) is 11.1. The topological polar surface area (TPSA) is 58.2 Å². The van der Waals surface area contributed by atoms with E-state index >= 15 is 0 Å². The van der Waals surface area contributed by atoms with Crippen LogP contribution in [0, 0.1) is 10.8 Å². The van der Waals surface area contributed by atoms with Gasteiger partial charge in [-0.15, -0.1) is 11.3 Å². The smallest absolute Gasteiger partial charge is 0.229 e. The third-order valence-corrected chi connectivity index (χ3v) is 3.26. The lowest BCUT2D eigenvalue weighted by Gasteiger charge is -2.20. The summed E-state index contributed by atoms with van der Waals surface area (Å²) in [5.41, 5.74) is 0.380. The van der Waals surface area contributed by atoms with Crippen LogP contribution < -0.4 is 10.6 Å². The number of anilines is 2. The number of amides is 2. The Bertz CT molecular complexity index is 436. The first-order valence-electron chi connectivity index (χ1n) is 6.21. The molecule has 2 N–H and O–H groups in total. The number of hydrogen-bond acceptors (Lipinski definition) is 3. The van der Waals surface area contributed by atoms with Crippen LogP contribution in [0.25, 0.3) is 0 Å². The zero-order valence-electron chi connectivity index (χ0n) is 12.4. The van der Waals surface area contributed by atoms with Crippen molar-refractivity contribution in [2.75, 3.05) is 10.6 Å². The van der Waals surface area contributed by atoms with Crippen molar-refractivity contribution >= 4 is 34.5 Å². The Hall–Kier alpha value is -1.36. The van der Waals surface area contributed by atoms with Crippen LogP contribution in [0.5, 0.6) is 0 Å². The van der Waals surface area contributed by atoms with E-state index in [0.717, 1.165) is 0 Å². The summed E-state index contributed by atoms with van der Waals surface area (Å²) in [6, 6.07) is 0. The molecular weight excluding hydrogens is 260 g/mol. The van der Waals surface area contributed by atoms with E-state index < -0.39 is 10.8 Å². The Balaban J connectivity index is 2.82. The highest BCUT2D eigenvalue weighted by atomic mass is 32.1. The van der Waals surface area contributed by atoms with E-state index in [-0.39, 0.29) is 11.8 Å². The van der Waals surface area contributed by atoms with Gasteiger partial charge in [0.05, 0.1) is 11.4 Å². The molecule has 1 aromatic heterocycles. The molecule has 5 heteroatoms. The first-order valence-corrected chi connectivity index (χ1v) is 7.15. The predicted molar refractivity (Wildman–Crippen MR) is 80.5 cm³/mol. The summed E-state index contributed by atoms with van der Waals surface area (Å²) in [5.74, 6) is -0.144. The average Bonchev–Trinajstić information content (AvgIpc) is 2.62. The standard InChI is InChI=1S/C14H22N2O2S/c1-13(2,3)11(17)15-9-7-19-8-10(9)16-12(18)14(4,5)6/h7-8H,1-6H3,(H,15,17)(H,16,18). The van der Waals surface area contributed by atoms with E-state index in [2.05, 4.69) is 10.6 Å². The predicted octanol–water partition coefficient (Wildman–Crippen LogP) is 3.72. The molecule has 0 fully saturated rings. The monoisotopic (exact) mass is 282 g/mol. The molecule has 19 heavy (non-hydrogen) atoms. The minimum absolute atomic E-state index is 0.0721. The maximum Gasteiger partial charge on any atom is 0.229 e. The molecular formula is C14H22N2O2S. The van der Waals surface area contributed by atoms with Crippen LogP contribution in [0.15, 0.2) is 10.8 Å². The Morgan fingerprint density at radius 2 is 1.16 bits per heavy atom. The van der Waals surface area contributed by atoms with Gasteiger partial charge in [-0.3, -0.25) is 9.59 Å². The number of carbonyl (C=O) groups is 2. The van der Waals surface area contributed by atoms with E-state index in [9.17, 15) is 9.59 Å². The van der Waals surface area contributed by atoms with Crippen molar-refractivity contribution in [3.63, 3.8) is 0 Å². The van der Waals surface area contributed by atoms with E-state index in [4.69, 9.17) is 0 Å². The molecule has 0 saturated carbocycles. The molecule has 0 atom stereocenters. The fourth-order valence-corrected chi connectivity index (χ4v) is 1.82. The summed E-state index contributed by atoms with van der Waals surface area (Å²) in [5, 5.41) is 9.33. The molecule has 4 nitrogen and oxygen atoms in total. The van der Waals surface area contributed by atoms with Gasteiger partial charge in [-0.05, 0) is 0 Å². The van der Waals surface area contributed by atoms with Crippen molar-refractivity contribution in [2.45, 2.75) is 41.5 Å². The normalized spacial score (nSPS) is 12.1. The van der Waals surface area contributed by atoms with E-state index in [0.29, 0.717) is 11.4 Å². The summed E-state index contributed by atoms with van der Waals surface area (Å²) in [4.78, 5) is 23.9. The zero-order valence-corrected chi connectivity index (χ0v) is 13.2. The van der Waals surface area contributed by atoms with Crippen molar-refractivity contribution in [1.29, 1.82) is 0 Å². The Morgan fingerprint density at radius 3 is 1.42 bits per heavy atom. The van der Waals surface area contributed by atoms with Crippen LogP contribution in [0.4, 0.5) is 11.4 Å². The van der Waals surface area contributed by atoms with E-state index in [1.807, 2.05) is 52.3 Å². The van der Waals surface area contributed by atoms with Gasteiger partial charge in [0.25, 0.3) is 0 Å². The van der Waals surface area contributed by atoms with Crippen LogP contribution >= 0.6 is 11.3 Å². The van der Waals surface area contributed by atoms with Crippen molar-refractivity contribution in [3.8, 4) is 0 Å². The second-order valence-electron chi connectivity index (χ2n) is 6.61. The molecule has 1 aromatic rings. The van der Waals surface area contributed by atoms with Crippen LogP contribution in [0.3, 0.4) is 0 Å². The minimum Gasteiger partial charge on any atom is -0.323 e. The fourth-order valence-electron chi connectivity index (χ4n) is 1.11. The summed E-state index contributed by atoms with van der Waals surface area (Å²) >= 11 is 1.44. The van der Waals surface area contributed by atoms with Gasteiger partial charge in [-0.25, -0.2) is 0 Å². The minimum atomic E-state index is -0.465. The highest BCUT2D eigenvalue weighted by Crippen LogP contribution is 2.30. The third kappa shape index (κ3) is 4.35. The molecule has 0 unspecified atom stereocenters. The maximum absolute atomic E-state index is 11.9. The number of rotatable bonds is 2. The molecule has 2 amide bonds. The number of hydrogen-bond donors (Lipinski definition) is 2. The molecule has 1 rings (SSSR count). The largest absolute Gasteiger partial charge is 0.323 e. The van der Waals surface area contributed by atoms with Crippen LogP contribution in [-0.4, -0.2) is 11.8 Å². The van der Waals surface area contributed by atoms with Crippen molar-refractivity contribution in [1.82, 2.24) is 0 Å². The molecule has 0 saturated heterocycles. The maximum atomic E-state index is 11.9. The molecule has 0 aliphatic heterocycles. The lowest BCUT2D eigenvalue weighted by Crippen LogP contribution is -2.30. The molecule has 0 spiro atoms. The molecule has 0 aliphatic carbocycles. The number of thiophene rings is 1. The Labute approximate surface area is 118 Å². The fraction of sp³-hybridized carbons (Fsp3) is 0.571. The van der Waals surface area contributed by atoms with Crippen LogP contribution in [-0.2, 0) is 9.59 Å². The molecule has 0 aliphatic rings. The highest BCUT2D eigenvalue weighted by Gasteiger charge is 2.25. The lowest BCUT2D eigenvalue weighted by atomic mass is 9.95. The van der Waals surface area contributed by atoms with Crippen molar-refractivity contribution in [3.05, 3.63) is 10.8 Å². The Morgan fingerprint density at radius 1 is 0.842 bits per heavy atom. The van der Waals surface area contributed by atoms with Crippen LogP contribution in [0.1, 0.15) is 41.5 Å².